The molecular weight excluding hydrogens is 415 g/mol. The molecule has 0 atom stereocenters. The maximum atomic E-state index is 14.4. The smallest absolute Gasteiger partial charge is 0.261 e. The molecular formula is C21H18ClFN2O3S. The van der Waals surface area contributed by atoms with Gasteiger partial charge < -0.3 is 5.32 Å². The van der Waals surface area contributed by atoms with Gasteiger partial charge in [-0.25, -0.2) is 12.8 Å². The van der Waals surface area contributed by atoms with E-state index >= 15 is 0 Å². The number of aryl methyl sites for hydroxylation is 2. The van der Waals surface area contributed by atoms with E-state index in [4.69, 9.17) is 11.6 Å². The summed E-state index contributed by atoms with van der Waals surface area (Å²) in [7, 11) is -3.98. The Labute approximate surface area is 173 Å². The Balaban J connectivity index is 1.79. The average molecular weight is 433 g/mol. The molecule has 150 valence electrons. The molecule has 0 heterocycles. The highest BCUT2D eigenvalue weighted by atomic mass is 35.5. The Kier molecular flexibility index (Phi) is 5.91. The monoisotopic (exact) mass is 432 g/mol. The van der Waals surface area contributed by atoms with Crippen molar-refractivity contribution in [3.8, 4) is 0 Å². The van der Waals surface area contributed by atoms with Gasteiger partial charge in [0.1, 0.15) is 5.82 Å². The van der Waals surface area contributed by atoms with Gasteiger partial charge in [-0.05, 0) is 79.6 Å². The molecule has 0 aliphatic rings. The largest absolute Gasteiger partial charge is 0.319 e. The van der Waals surface area contributed by atoms with Gasteiger partial charge in [-0.2, -0.15) is 0 Å². The summed E-state index contributed by atoms with van der Waals surface area (Å²) in [5, 5.41) is 2.89. The Morgan fingerprint density at radius 3 is 2.24 bits per heavy atom. The summed E-state index contributed by atoms with van der Waals surface area (Å²) in [5.74, 6) is -1.40. The van der Waals surface area contributed by atoms with Crippen LogP contribution in [0.5, 0.6) is 0 Å². The van der Waals surface area contributed by atoms with Gasteiger partial charge in [0.05, 0.1) is 10.6 Å². The maximum absolute atomic E-state index is 14.4. The first-order valence-electron chi connectivity index (χ1n) is 8.62. The van der Waals surface area contributed by atoms with Crippen LogP contribution in [0.2, 0.25) is 5.02 Å². The van der Waals surface area contributed by atoms with E-state index in [2.05, 4.69) is 10.0 Å². The normalized spacial score (nSPS) is 11.2. The van der Waals surface area contributed by atoms with Gasteiger partial charge in [0, 0.05) is 16.3 Å². The minimum atomic E-state index is -3.98. The molecule has 3 rings (SSSR count). The van der Waals surface area contributed by atoms with Crippen molar-refractivity contribution < 1.29 is 17.6 Å². The van der Waals surface area contributed by atoms with Gasteiger partial charge in [0.15, 0.2) is 0 Å². The lowest BCUT2D eigenvalue weighted by atomic mass is 10.1. The van der Waals surface area contributed by atoms with Crippen molar-refractivity contribution in [3.63, 3.8) is 0 Å². The van der Waals surface area contributed by atoms with Crippen molar-refractivity contribution in [1.82, 2.24) is 0 Å². The quantitative estimate of drug-likeness (QED) is 0.585. The third kappa shape index (κ3) is 4.93. The van der Waals surface area contributed by atoms with Gasteiger partial charge in [-0.3, -0.25) is 9.52 Å². The first kappa shape index (κ1) is 20.8. The van der Waals surface area contributed by atoms with E-state index in [1.54, 1.807) is 30.3 Å². The summed E-state index contributed by atoms with van der Waals surface area (Å²) in [5.41, 5.74) is 2.50. The Bertz CT molecular complexity index is 1180. The van der Waals surface area contributed by atoms with Crippen LogP contribution in [0.25, 0.3) is 0 Å². The maximum Gasteiger partial charge on any atom is 0.261 e. The van der Waals surface area contributed by atoms with Crippen molar-refractivity contribution in [1.29, 1.82) is 0 Å². The van der Waals surface area contributed by atoms with Crippen LogP contribution in [0.15, 0.2) is 65.6 Å². The summed E-state index contributed by atoms with van der Waals surface area (Å²) in [6, 6.07) is 14.5. The predicted octanol–water partition coefficient (Wildman–Crippen LogP) is 5.15. The minimum absolute atomic E-state index is 0.130. The highest BCUT2D eigenvalue weighted by Gasteiger charge is 2.18. The lowest BCUT2D eigenvalue weighted by Crippen LogP contribution is -2.15. The molecule has 2 N–H and O–H groups in total. The van der Waals surface area contributed by atoms with Crippen LogP contribution in [-0.2, 0) is 10.0 Å². The molecule has 0 bridgehead atoms. The standard InChI is InChI=1S/C21H18ClFN2O3S/c1-13-3-8-17(11-14(13)2)25-29(27,28)18-9-10-20(19(23)12-18)24-21(26)15-4-6-16(22)7-5-15/h3-12,25H,1-2H3,(H,24,26). The van der Waals surface area contributed by atoms with Crippen molar-refractivity contribution in [3.05, 3.63) is 88.2 Å². The van der Waals surface area contributed by atoms with Gasteiger partial charge in [-0.1, -0.05) is 17.7 Å². The molecule has 3 aromatic carbocycles. The van der Waals surface area contributed by atoms with E-state index in [0.29, 0.717) is 16.3 Å². The molecule has 0 aromatic heterocycles. The molecule has 0 saturated carbocycles. The second-order valence-electron chi connectivity index (χ2n) is 6.51. The first-order chi connectivity index (χ1) is 13.7. The number of hydrogen-bond donors (Lipinski definition) is 2. The second kappa shape index (κ2) is 8.23. The summed E-state index contributed by atoms with van der Waals surface area (Å²) < 4.78 is 42.0. The number of nitrogens with one attached hydrogen (secondary N) is 2. The third-order valence-electron chi connectivity index (χ3n) is 4.36. The number of hydrogen-bond acceptors (Lipinski definition) is 3. The summed E-state index contributed by atoms with van der Waals surface area (Å²) >= 11 is 5.78. The number of halogens is 2. The number of carbonyl (C=O) groups excluding carboxylic acids is 1. The molecule has 8 heteroatoms. The van der Waals surface area contributed by atoms with Crippen molar-refractivity contribution in [2.45, 2.75) is 18.7 Å². The molecule has 0 radical (unpaired) electrons. The molecule has 5 nitrogen and oxygen atoms in total. The molecule has 0 aliphatic carbocycles. The van der Waals surface area contributed by atoms with Crippen LogP contribution in [0, 0.1) is 19.7 Å². The zero-order valence-electron chi connectivity index (χ0n) is 15.7. The Hall–Kier alpha value is -2.90. The van der Waals surface area contributed by atoms with Gasteiger partial charge >= 0.3 is 0 Å². The molecule has 0 aliphatic heterocycles. The average Bonchev–Trinajstić information content (AvgIpc) is 2.66. The van der Waals surface area contributed by atoms with Crippen molar-refractivity contribution in [2.24, 2.45) is 0 Å². The molecule has 3 aromatic rings. The van der Waals surface area contributed by atoms with E-state index in [1.165, 1.54) is 24.3 Å². The van der Waals surface area contributed by atoms with E-state index in [1.807, 2.05) is 13.8 Å². The van der Waals surface area contributed by atoms with Gasteiger partial charge in [-0.15, -0.1) is 0 Å². The number of sulfonamides is 1. The van der Waals surface area contributed by atoms with Crippen LogP contribution in [0.4, 0.5) is 15.8 Å². The minimum Gasteiger partial charge on any atom is -0.319 e. The molecule has 0 unspecified atom stereocenters. The zero-order chi connectivity index (χ0) is 21.2. The topological polar surface area (TPSA) is 75.3 Å². The van der Waals surface area contributed by atoms with Crippen LogP contribution in [0.3, 0.4) is 0 Å². The van der Waals surface area contributed by atoms with E-state index < -0.39 is 21.7 Å². The summed E-state index contributed by atoms with van der Waals surface area (Å²) in [6.45, 7) is 3.78. The molecule has 0 saturated heterocycles. The SMILES string of the molecule is Cc1ccc(NS(=O)(=O)c2ccc(NC(=O)c3ccc(Cl)cc3)c(F)c2)cc1C. The fraction of sp³-hybridized carbons (Fsp3) is 0.0952. The molecule has 0 spiro atoms. The van der Waals surface area contributed by atoms with E-state index in [0.717, 1.165) is 17.2 Å². The van der Waals surface area contributed by atoms with E-state index in [-0.39, 0.29) is 10.6 Å². The van der Waals surface area contributed by atoms with Crippen LogP contribution >= 0.6 is 11.6 Å². The number of anilines is 2. The van der Waals surface area contributed by atoms with Crippen molar-refractivity contribution in [2.75, 3.05) is 10.0 Å². The van der Waals surface area contributed by atoms with Crippen LogP contribution in [0.1, 0.15) is 21.5 Å². The number of benzene rings is 3. The highest BCUT2D eigenvalue weighted by Crippen LogP contribution is 2.23. The Morgan fingerprint density at radius 2 is 1.62 bits per heavy atom. The van der Waals surface area contributed by atoms with Crippen LogP contribution in [-0.4, -0.2) is 14.3 Å². The molecule has 0 fully saturated rings. The van der Waals surface area contributed by atoms with E-state index in [9.17, 15) is 17.6 Å². The van der Waals surface area contributed by atoms with Crippen LogP contribution < -0.4 is 10.0 Å². The van der Waals surface area contributed by atoms with Crippen molar-refractivity contribution >= 4 is 38.9 Å². The highest BCUT2D eigenvalue weighted by molar-refractivity contribution is 7.92. The lowest BCUT2D eigenvalue weighted by molar-refractivity contribution is 0.102. The zero-order valence-corrected chi connectivity index (χ0v) is 17.2. The fourth-order valence-corrected chi connectivity index (χ4v) is 3.77. The Morgan fingerprint density at radius 1 is 0.931 bits per heavy atom. The van der Waals surface area contributed by atoms with Gasteiger partial charge in [0.25, 0.3) is 15.9 Å². The number of amides is 1. The number of rotatable bonds is 5. The predicted molar refractivity (Wildman–Crippen MR) is 113 cm³/mol. The summed E-state index contributed by atoms with van der Waals surface area (Å²) in [4.78, 5) is 12.0. The van der Waals surface area contributed by atoms with Gasteiger partial charge in [0.2, 0.25) is 0 Å². The fourth-order valence-electron chi connectivity index (χ4n) is 2.58. The lowest BCUT2D eigenvalue weighted by Gasteiger charge is -2.12. The summed E-state index contributed by atoms with van der Waals surface area (Å²) in [6.07, 6.45) is 0. The molecule has 1 amide bonds. The second-order valence-corrected chi connectivity index (χ2v) is 8.63. The third-order valence-corrected chi connectivity index (χ3v) is 6.00. The number of carbonyl (C=O) groups is 1. The molecule has 29 heavy (non-hydrogen) atoms. The first-order valence-corrected chi connectivity index (χ1v) is 10.5.